The van der Waals surface area contributed by atoms with E-state index in [2.05, 4.69) is 13.8 Å². The van der Waals surface area contributed by atoms with E-state index >= 15 is 0 Å². The molecule has 0 fully saturated rings. The van der Waals surface area contributed by atoms with Crippen molar-refractivity contribution in [2.45, 2.75) is 40.2 Å². The van der Waals surface area contributed by atoms with Crippen LogP contribution in [0.4, 0.5) is 4.79 Å². The van der Waals surface area contributed by atoms with Gasteiger partial charge in [0, 0.05) is 26.2 Å². The average molecular weight is 186 g/mol. The lowest BCUT2D eigenvalue weighted by molar-refractivity contribution is 0.149. The van der Waals surface area contributed by atoms with Crippen LogP contribution in [0, 0.1) is 0 Å². The highest BCUT2D eigenvalue weighted by Gasteiger charge is 2.19. The summed E-state index contributed by atoms with van der Waals surface area (Å²) in [7, 11) is 1.84. The van der Waals surface area contributed by atoms with Crippen LogP contribution in [0.5, 0.6) is 0 Å². The fourth-order valence-electron chi connectivity index (χ4n) is 1.21. The van der Waals surface area contributed by atoms with Crippen LogP contribution < -0.4 is 0 Å². The van der Waals surface area contributed by atoms with Gasteiger partial charge in [-0.25, -0.2) is 4.79 Å². The number of nitrogens with zero attached hydrogens (tertiary/aromatic N) is 2. The maximum atomic E-state index is 11.8. The zero-order chi connectivity index (χ0) is 10.4. The van der Waals surface area contributed by atoms with E-state index in [0.717, 1.165) is 19.5 Å². The van der Waals surface area contributed by atoms with Crippen LogP contribution in [0.1, 0.15) is 34.1 Å². The zero-order valence-corrected chi connectivity index (χ0v) is 9.50. The van der Waals surface area contributed by atoms with Gasteiger partial charge in [-0.05, 0) is 27.2 Å². The van der Waals surface area contributed by atoms with Crippen molar-refractivity contribution in [3.05, 3.63) is 0 Å². The number of amides is 2. The van der Waals surface area contributed by atoms with Crippen molar-refractivity contribution >= 4 is 6.03 Å². The summed E-state index contributed by atoms with van der Waals surface area (Å²) in [5.74, 6) is 0. The molecule has 0 aliphatic heterocycles. The lowest BCUT2D eigenvalue weighted by Gasteiger charge is -2.31. The average Bonchev–Trinajstić information content (AvgIpc) is 2.17. The number of carbonyl (C=O) groups excluding carboxylic acids is 1. The molecule has 78 valence electrons. The molecule has 0 saturated carbocycles. The van der Waals surface area contributed by atoms with Gasteiger partial charge < -0.3 is 9.80 Å². The molecule has 0 heterocycles. The van der Waals surface area contributed by atoms with Crippen molar-refractivity contribution < 1.29 is 4.79 Å². The highest BCUT2D eigenvalue weighted by atomic mass is 16.2. The van der Waals surface area contributed by atoms with Gasteiger partial charge in [0.05, 0.1) is 0 Å². The summed E-state index contributed by atoms with van der Waals surface area (Å²) in [6.07, 6.45) is 1.01. The molecule has 0 N–H and O–H groups in total. The topological polar surface area (TPSA) is 23.6 Å². The van der Waals surface area contributed by atoms with E-state index in [1.807, 2.05) is 25.8 Å². The maximum absolute atomic E-state index is 11.8. The first kappa shape index (κ1) is 12.3. The van der Waals surface area contributed by atoms with Gasteiger partial charge in [0.25, 0.3) is 0 Å². The minimum absolute atomic E-state index is 0.138. The van der Waals surface area contributed by atoms with Crippen molar-refractivity contribution in [2.75, 3.05) is 20.1 Å². The van der Waals surface area contributed by atoms with E-state index in [9.17, 15) is 4.79 Å². The van der Waals surface area contributed by atoms with Crippen molar-refractivity contribution in [3.8, 4) is 0 Å². The molecule has 0 aromatic carbocycles. The second-order valence-corrected chi connectivity index (χ2v) is 3.34. The molecule has 3 heteroatoms. The van der Waals surface area contributed by atoms with Crippen LogP contribution in [-0.4, -0.2) is 42.0 Å². The number of rotatable bonds is 4. The third-order valence-electron chi connectivity index (χ3n) is 2.51. The Kier molecular flexibility index (Phi) is 5.51. The molecule has 0 spiro atoms. The Hall–Kier alpha value is -0.730. The van der Waals surface area contributed by atoms with Gasteiger partial charge in [0.15, 0.2) is 0 Å². The molecule has 0 bridgehead atoms. The first-order valence-electron chi connectivity index (χ1n) is 5.10. The summed E-state index contributed by atoms with van der Waals surface area (Å²) in [6.45, 7) is 9.76. The lowest BCUT2D eigenvalue weighted by atomic mass is 10.2. The second kappa shape index (κ2) is 5.84. The van der Waals surface area contributed by atoms with Gasteiger partial charge in [0.1, 0.15) is 0 Å². The van der Waals surface area contributed by atoms with Gasteiger partial charge in [0.2, 0.25) is 0 Å². The normalized spacial score (nSPS) is 12.4. The van der Waals surface area contributed by atoms with E-state index < -0.39 is 0 Å². The molecular weight excluding hydrogens is 164 g/mol. The lowest BCUT2D eigenvalue weighted by Crippen LogP contribution is -2.45. The van der Waals surface area contributed by atoms with Crippen LogP contribution >= 0.6 is 0 Å². The first-order chi connectivity index (χ1) is 6.08. The molecule has 0 aromatic rings. The molecule has 0 aromatic heterocycles. The molecule has 0 rings (SSSR count). The fraction of sp³-hybridized carbons (Fsp3) is 0.900. The highest BCUT2D eigenvalue weighted by Crippen LogP contribution is 2.06. The van der Waals surface area contributed by atoms with Crippen LogP contribution in [-0.2, 0) is 0 Å². The molecular formula is C10H22N2O. The van der Waals surface area contributed by atoms with Gasteiger partial charge >= 0.3 is 6.03 Å². The highest BCUT2D eigenvalue weighted by molar-refractivity contribution is 5.74. The zero-order valence-electron chi connectivity index (χ0n) is 9.50. The van der Waals surface area contributed by atoms with Gasteiger partial charge in [-0.15, -0.1) is 0 Å². The monoisotopic (exact) mass is 186 g/mol. The first-order valence-corrected chi connectivity index (χ1v) is 5.10. The summed E-state index contributed by atoms with van der Waals surface area (Å²) in [4.78, 5) is 15.4. The van der Waals surface area contributed by atoms with Gasteiger partial charge in [-0.1, -0.05) is 6.92 Å². The Balaban J connectivity index is 4.31. The summed E-state index contributed by atoms with van der Waals surface area (Å²) >= 11 is 0. The smallest absolute Gasteiger partial charge is 0.319 e. The minimum atomic E-state index is 0.138. The third-order valence-corrected chi connectivity index (χ3v) is 2.51. The Morgan fingerprint density at radius 1 is 1.23 bits per heavy atom. The summed E-state index contributed by atoms with van der Waals surface area (Å²) in [5.41, 5.74) is 0. The molecule has 1 unspecified atom stereocenters. The van der Waals surface area contributed by atoms with E-state index in [1.54, 1.807) is 4.90 Å². The van der Waals surface area contributed by atoms with E-state index in [4.69, 9.17) is 0 Å². The summed E-state index contributed by atoms with van der Waals surface area (Å²) in [5, 5.41) is 0. The molecule has 13 heavy (non-hydrogen) atoms. The fourth-order valence-corrected chi connectivity index (χ4v) is 1.21. The SMILES string of the molecule is CCC(C)N(CC)C(=O)N(C)CC. The van der Waals surface area contributed by atoms with Gasteiger partial charge in [-0.2, -0.15) is 0 Å². The molecule has 0 aliphatic rings. The molecule has 0 aliphatic carbocycles. The van der Waals surface area contributed by atoms with Crippen LogP contribution in [0.15, 0.2) is 0 Å². The van der Waals surface area contributed by atoms with E-state index in [0.29, 0.717) is 6.04 Å². The Morgan fingerprint density at radius 3 is 2.08 bits per heavy atom. The van der Waals surface area contributed by atoms with E-state index in [-0.39, 0.29) is 6.03 Å². The van der Waals surface area contributed by atoms with Gasteiger partial charge in [-0.3, -0.25) is 0 Å². The number of carbonyl (C=O) groups is 1. The quantitative estimate of drug-likeness (QED) is 0.660. The second-order valence-electron chi connectivity index (χ2n) is 3.34. The molecule has 3 nitrogen and oxygen atoms in total. The third kappa shape index (κ3) is 3.25. The minimum Gasteiger partial charge on any atom is -0.328 e. The predicted molar refractivity (Wildman–Crippen MR) is 55.8 cm³/mol. The Labute approximate surface area is 81.7 Å². The molecule has 1 atom stereocenters. The molecule has 2 amide bonds. The Bertz CT molecular complexity index is 159. The molecule has 0 saturated heterocycles. The largest absolute Gasteiger partial charge is 0.328 e. The van der Waals surface area contributed by atoms with Crippen molar-refractivity contribution in [1.29, 1.82) is 0 Å². The molecule has 0 radical (unpaired) electrons. The number of urea groups is 1. The predicted octanol–water partition coefficient (Wildman–Crippen LogP) is 2.18. The van der Waals surface area contributed by atoms with Crippen LogP contribution in [0.3, 0.4) is 0 Å². The summed E-state index contributed by atoms with van der Waals surface area (Å²) < 4.78 is 0. The Morgan fingerprint density at radius 2 is 1.77 bits per heavy atom. The van der Waals surface area contributed by atoms with Crippen molar-refractivity contribution in [3.63, 3.8) is 0 Å². The maximum Gasteiger partial charge on any atom is 0.319 e. The van der Waals surface area contributed by atoms with Crippen LogP contribution in [0.25, 0.3) is 0 Å². The number of hydrogen-bond acceptors (Lipinski definition) is 1. The van der Waals surface area contributed by atoms with E-state index in [1.165, 1.54) is 0 Å². The summed E-state index contributed by atoms with van der Waals surface area (Å²) in [6, 6.07) is 0.478. The van der Waals surface area contributed by atoms with Crippen molar-refractivity contribution in [1.82, 2.24) is 9.80 Å². The standard InChI is InChI=1S/C10H22N2O/c1-6-9(4)12(8-3)10(13)11(5)7-2/h9H,6-8H2,1-5H3. The number of hydrogen-bond donors (Lipinski definition) is 0. The van der Waals surface area contributed by atoms with Crippen LogP contribution in [0.2, 0.25) is 0 Å². The van der Waals surface area contributed by atoms with Crippen molar-refractivity contribution in [2.24, 2.45) is 0 Å².